The van der Waals surface area contributed by atoms with E-state index in [0.29, 0.717) is 6.04 Å². The average Bonchev–Trinajstić information content (AvgIpc) is 1.80. The molecule has 52 valence electrons. The van der Waals surface area contributed by atoms with Crippen molar-refractivity contribution in [2.45, 2.75) is 26.8 Å². The van der Waals surface area contributed by atoms with Gasteiger partial charge in [0.05, 0.1) is 0 Å². The summed E-state index contributed by atoms with van der Waals surface area (Å²) < 4.78 is 0. The standard InChI is InChI=1S/C7H14N2/c1-4-5-6-8-9-7(2)3/h4-7,9H,1-3H3/b5-4+,8-6+. The smallest absolute Gasteiger partial charge is 0.0464 e. The lowest BCUT2D eigenvalue weighted by Gasteiger charge is -1.99. The van der Waals surface area contributed by atoms with Crippen LogP contribution in [0.15, 0.2) is 17.3 Å². The lowest BCUT2D eigenvalue weighted by atomic mass is 10.4. The van der Waals surface area contributed by atoms with Gasteiger partial charge in [-0.3, -0.25) is 0 Å². The first-order chi connectivity index (χ1) is 4.27. The molecule has 0 aromatic rings. The Labute approximate surface area is 56.7 Å². The maximum atomic E-state index is 3.90. The van der Waals surface area contributed by atoms with Gasteiger partial charge in [0.15, 0.2) is 0 Å². The molecular formula is C7H14N2. The molecule has 0 aromatic heterocycles. The molecule has 0 aromatic carbocycles. The molecule has 0 fully saturated rings. The SMILES string of the molecule is C/C=C/C=N/NC(C)C. The van der Waals surface area contributed by atoms with Crippen molar-refractivity contribution in [3.8, 4) is 0 Å². The summed E-state index contributed by atoms with van der Waals surface area (Å²) in [5, 5.41) is 3.90. The van der Waals surface area contributed by atoms with E-state index in [1.54, 1.807) is 6.21 Å². The Hall–Kier alpha value is -0.790. The lowest BCUT2D eigenvalue weighted by Crippen LogP contribution is -2.15. The Morgan fingerprint density at radius 1 is 1.44 bits per heavy atom. The van der Waals surface area contributed by atoms with Crippen LogP contribution in [0, 0.1) is 0 Å². The fourth-order valence-corrected chi connectivity index (χ4v) is 0.321. The molecule has 0 spiro atoms. The van der Waals surface area contributed by atoms with Crippen LogP contribution >= 0.6 is 0 Å². The van der Waals surface area contributed by atoms with Gasteiger partial charge in [0, 0.05) is 12.3 Å². The number of allylic oxidation sites excluding steroid dienone is 2. The molecule has 0 aliphatic rings. The van der Waals surface area contributed by atoms with Gasteiger partial charge in [-0.25, -0.2) is 0 Å². The van der Waals surface area contributed by atoms with E-state index in [0.717, 1.165) is 0 Å². The Bertz CT molecular complexity index is 103. The minimum atomic E-state index is 0.423. The molecule has 0 atom stereocenters. The molecule has 0 radical (unpaired) electrons. The van der Waals surface area contributed by atoms with Crippen LogP contribution in [0.2, 0.25) is 0 Å². The average molecular weight is 126 g/mol. The highest BCUT2D eigenvalue weighted by atomic mass is 15.3. The summed E-state index contributed by atoms with van der Waals surface area (Å²) in [6.45, 7) is 6.06. The summed E-state index contributed by atoms with van der Waals surface area (Å²) in [5.41, 5.74) is 2.90. The summed E-state index contributed by atoms with van der Waals surface area (Å²) in [7, 11) is 0. The second kappa shape index (κ2) is 5.35. The van der Waals surface area contributed by atoms with Crippen molar-refractivity contribution < 1.29 is 0 Å². The quantitative estimate of drug-likeness (QED) is 0.450. The number of nitrogens with one attached hydrogen (secondary N) is 1. The molecule has 0 aliphatic carbocycles. The van der Waals surface area contributed by atoms with Crippen LogP contribution in [0.1, 0.15) is 20.8 Å². The van der Waals surface area contributed by atoms with Crippen LogP contribution in [0.3, 0.4) is 0 Å². The molecular weight excluding hydrogens is 112 g/mol. The maximum absolute atomic E-state index is 3.90. The highest BCUT2D eigenvalue weighted by Gasteiger charge is 1.81. The van der Waals surface area contributed by atoms with Gasteiger partial charge in [0.1, 0.15) is 0 Å². The second-order valence-corrected chi connectivity index (χ2v) is 2.09. The second-order valence-electron chi connectivity index (χ2n) is 2.09. The summed E-state index contributed by atoms with van der Waals surface area (Å²) in [6.07, 6.45) is 5.56. The predicted octanol–water partition coefficient (Wildman–Crippen LogP) is 1.55. The zero-order chi connectivity index (χ0) is 7.11. The van der Waals surface area contributed by atoms with E-state index in [-0.39, 0.29) is 0 Å². The van der Waals surface area contributed by atoms with E-state index >= 15 is 0 Å². The topological polar surface area (TPSA) is 24.4 Å². The van der Waals surface area contributed by atoms with Gasteiger partial charge in [-0.2, -0.15) is 5.10 Å². The van der Waals surface area contributed by atoms with Crippen molar-refractivity contribution in [1.82, 2.24) is 5.43 Å². The van der Waals surface area contributed by atoms with Crippen LogP contribution in [0.4, 0.5) is 0 Å². The van der Waals surface area contributed by atoms with E-state index in [1.165, 1.54) is 0 Å². The number of hydrogen-bond donors (Lipinski definition) is 1. The first-order valence-corrected chi connectivity index (χ1v) is 3.17. The van der Waals surface area contributed by atoms with Crippen LogP contribution in [0.25, 0.3) is 0 Å². The van der Waals surface area contributed by atoms with Crippen LogP contribution < -0.4 is 5.43 Å². The molecule has 0 saturated heterocycles. The number of rotatable bonds is 3. The largest absolute Gasteiger partial charge is 0.308 e. The highest BCUT2D eigenvalue weighted by Crippen LogP contribution is 1.73. The molecule has 2 nitrogen and oxygen atoms in total. The van der Waals surface area contributed by atoms with Crippen molar-refractivity contribution in [2.24, 2.45) is 5.10 Å². The number of hydrogen-bond acceptors (Lipinski definition) is 2. The van der Waals surface area contributed by atoms with Gasteiger partial charge >= 0.3 is 0 Å². The summed E-state index contributed by atoms with van der Waals surface area (Å²) in [6, 6.07) is 0.423. The van der Waals surface area contributed by atoms with Crippen molar-refractivity contribution >= 4 is 6.21 Å². The van der Waals surface area contributed by atoms with E-state index in [1.807, 2.05) is 32.9 Å². The molecule has 0 heterocycles. The van der Waals surface area contributed by atoms with Gasteiger partial charge in [-0.05, 0) is 26.8 Å². The van der Waals surface area contributed by atoms with Crippen LogP contribution in [0.5, 0.6) is 0 Å². The summed E-state index contributed by atoms with van der Waals surface area (Å²) in [5.74, 6) is 0. The van der Waals surface area contributed by atoms with E-state index in [9.17, 15) is 0 Å². The molecule has 0 amide bonds. The fourth-order valence-electron chi connectivity index (χ4n) is 0.321. The first-order valence-electron chi connectivity index (χ1n) is 3.17. The Kier molecular flexibility index (Phi) is 4.88. The molecule has 0 unspecified atom stereocenters. The Morgan fingerprint density at radius 2 is 2.11 bits per heavy atom. The van der Waals surface area contributed by atoms with Gasteiger partial charge in [-0.1, -0.05) is 6.08 Å². The third-order valence-electron chi connectivity index (χ3n) is 0.686. The zero-order valence-electron chi connectivity index (χ0n) is 6.26. The van der Waals surface area contributed by atoms with Gasteiger partial charge < -0.3 is 5.43 Å². The van der Waals surface area contributed by atoms with Gasteiger partial charge in [0.25, 0.3) is 0 Å². The Balaban J connectivity index is 3.25. The molecule has 0 bridgehead atoms. The molecule has 1 N–H and O–H groups in total. The molecule has 0 saturated carbocycles. The third kappa shape index (κ3) is 7.21. The molecule has 9 heavy (non-hydrogen) atoms. The minimum Gasteiger partial charge on any atom is -0.308 e. The van der Waals surface area contributed by atoms with Gasteiger partial charge in [0.2, 0.25) is 0 Å². The highest BCUT2D eigenvalue weighted by molar-refractivity contribution is 5.70. The van der Waals surface area contributed by atoms with Crippen molar-refractivity contribution in [1.29, 1.82) is 0 Å². The van der Waals surface area contributed by atoms with Crippen molar-refractivity contribution in [3.63, 3.8) is 0 Å². The van der Waals surface area contributed by atoms with Crippen molar-refractivity contribution in [3.05, 3.63) is 12.2 Å². The normalized spacial score (nSPS) is 12.0. The zero-order valence-corrected chi connectivity index (χ0v) is 6.26. The minimum absolute atomic E-state index is 0.423. The van der Waals surface area contributed by atoms with Crippen LogP contribution in [-0.4, -0.2) is 12.3 Å². The summed E-state index contributed by atoms with van der Waals surface area (Å²) in [4.78, 5) is 0. The molecule has 2 heteroatoms. The first kappa shape index (κ1) is 8.21. The van der Waals surface area contributed by atoms with E-state index < -0.39 is 0 Å². The fraction of sp³-hybridized carbons (Fsp3) is 0.571. The van der Waals surface area contributed by atoms with E-state index in [2.05, 4.69) is 10.5 Å². The third-order valence-corrected chi connectivity index (χ3v) is 0.686. The lowest BCUT2D eigenvalue weighted by molar-refractivity contribution is 0.623. The molecule has 0 aliphatic heterocycles. The maximum Gasteiger partial charge on any atom is 0.0464 e. The number of nitrogens with zero attached hydrogens (tertiary/aromatic N) is 1. The molecule has 0 rings (SSSR count). The van der Waals surface area contributed by atoms with Crippen molar-refractivity contribution in [2.75, 3.05) is 0 Å². The predicted molar refractivity (Wildman–Crippen MR) is 41.6 cm³/mol. The van der Waals surface area contributed by atoms with E-state index in [4.69, 9.17) is 0 Å². The Morgan fingerprint density at radius 3 is 2.56 bits per heavy atom. The van der Waals surface area contributed by atoms with Gasteiger partial charge in [-0.15, -0.1) is 0 Å². The van der Waals surface area contributed by atoms with Crippen LogP contribution in [-0.2, 0) is 0 Å². The monoisotopic (exact) mass is 126 g/mol. The summed E-state index contributed by atoms with van der Waals surface area (Å²) >= 11 is 0. The number of hydrazone groups is 1.